The Labute approximate surface area is 171 Å². The number of benzene rings is 1. The average molecular weight is 393 g/mol. The molecule has 29 heavy (non-hydrogen) atoms. The van der Waals surface area contributed by atoms with Crippen molar-refractivity contribution in [2.45, 2.75) is 58.3 Å². The van der Waals surface area contributed by atoms with Crippen molar-refractivity contribution in [1.82, 2.24) is 0 Å². The molecule has 0 atom stereocenters. The Morgan fingerprint density at radius 3 is 2.86 bits per heavy atom. The predicted molar refractivity (Wildman–Crippen MR) is 113 cm³/mol. The first-order valence-corrected chi connectivity index (χ1v) is 10.5. The molecule has 0 saturated carbocycles. The molecular formula is C24H27NO4. The number of carbonyl (C=O) groups is 2. The van der Waals surface area contributed by atoms with E-state index in [1.807, 2.05) is 6.08 Å². The summed E-state index contributed by atoms with van der Waals surface area (Å²) in [7, 11) is 1.35. The van der Waals surface area contributed by atoms with E-state index in [0.717, 1.165) is 43.6 Å². The van der Waals surface area contributed by atoms with Crippen molar-refractivity contribution in [2.24, 2.45) is 0 Å². The third-order valence-electron chi connectivity index (χ3n) is 5.84. The van der Waals surface area contributed by atoms with Gasteiger partial charge >= 0.3 is 5.97 Å². The number of ether oxygens (including phenoxy) is 1. The maximum Gasteiger partial charge on any atom is 0.337 e. The highest BCUT2D eigenvalue weighted by Crippen LogP contribution is 2.37. The summed E-state index contributed by atoms with van der Waals surface area (Å²) in [5, 5.41) is 2.88. The number of methoxy groups -OCH3 is 1. The highest BCUT2D eigenvalue weighted by atomic mass is 16.5. The molecule has 2 aliphatic rings. The molecule has 1 aromatic carbocycles. The van der Waals surface area contributed by atoms with E-state index in [9.17, 15) is 9.59 Å². The van der Waals surface area contributed by atoms with Crippen molar-refractivity contribution < 1.29 is 18.7 Å². The summed E-state index contributed by atoms with van der Waals surface area (Å²) in [6.45, 7) is 2.20. The Balaban J connectivity index is 1.76. The summed E-state index contributed by atoms with van der Waals surface area (Å²) in [5.74, 6) is 1.29. The number of fused-ring (bicyclic) bond motifs is 2. The fourth-order valence-electron chi connectivity index (χ4n) is 4.30. The van der Waals surface area contributed by atoms with E-state index in [1.54, 1.807) is 18.2 Å². The van der Waals surface area contributed by atoms with Gasteiger partial charge in [-0.25, -0.2) is 4.79 Å². The van der Waals surface area contributed by atoms with E-state index in [2.05, 4.69) is 12.2 Å². The van der Waals surface area contributed by atoms with E-state index >= 15 is 0 Å². The van der Waals surface area contributed by atoms with Gasteiger partial charge in [0.05, 0.1) is 18.2 Å². The Kier molecular flexibility index (Phi) is 5.56. The number of unbranched alkanes of at least 4 members (excludes halogenated alkanes) is 2. The zero-order valence-corrected chi connectivity index (χ0v) is 17.1. The number of hydrogen-bond donors (Lipinski definition) is 1. The minimum Gasteiger partial charge on any atom is -0.465 e. The number of rotatable bonds is 6. The van der Waals surface area contributed by atoms with Crippen LogP contribution in [0.5, 0.6) is 0 Å². The zero-order chi connectivity index (χ0) is 20.4. The molecule has 152 valence electrons. The SMILES string of the molecule is CCCCCc1c(C=C2C(=O)Nc3ccc(C(=O)OC)cc32)oc2c1CCCC2. The third kappa shape index (κ3) is 3.74. The first-order valence-electron chi connectivity index (χ1n) is 10.5. The topological polar surface area (TPSA) is 68.5 Å². The van der Waals surface area contributed by atoms with E-state index < -0.39 is 5.97 Å². The normalized spacial score (nSPS) is 16.5. The lowest BCUT2D eigenvalue weighted by Gasteiger charge is -2.10. The van der Waals surface area contributed by atoms with Crippen molar-refractivity contribution in [3.8, 4) is 0 Å². The molecule has 0 bridgehead atoms. The second-order valence-electron chi connectivity index (χ2n) is 7.77. The van der Waals surface area contributed by atoms with Gasteiger partial charge in [0.1, 0.15) is 11.5 Å². The summed E-state index contributed by atoms with van der Waals surface area (Å²) in [5.41, 5.74) is 4.99. The quantitative estimate of drug-likeness (QED) is 0.418. The van der Waals surface area contributed by atoms with Gasteiger partial charge in [0.2, 0.25) is 0 Å². The van der Waals surface area contributed by atoms with E-state index in [4.69, 9.17) is 9.15 Å². The van der Waals surface area contributed by atoms with Gasteiger partial charge in [-0.3, -0.25) is 4.79 Å². The first kappa shape index (κ1) is 19.5. The summed E-state index contributed by atoms with van der Waals surface area (Å²) in [4.78, 5) is 24.6. The molecule has 0 saturated heterocycles. The van der Waals surface area contributed by atoms with Crippen LogP contribution in [0.1, 0.15) is 77.6 Å². The van der Waals surface area contributed by atoms with E-state index in [-0.39, 0.29) is 5.91 Å². The van der Waals surface area contributed by atoms with E-state index in [1.165, 1.54) is 37.5 Å². The second kappa shape index (κ2) is 8.27. The molecule has 1 aliphatic heterocycles. The Bertz CT molecular complexity index is 983. The molecule has 4 rings (SSSR count). The smallest absolute Gasteiger partial charge is 0.337 e. The number of amides is 1. The fraction of sp³-hybridized carbons (Fsp3) is 0.417. The Morgan fingerprint density at radius 1 is 1.24 bits per heavy atom. The Hall–Kier alpha value is -2.82. The molecule has 0 spiro atoms. The first-order chi connectivity index (χ1) is 14.1. The van der Waals surface area contributed by atoms with Crippen LogP contribution in [-0.2, 0) is 28.8 Å². The van der Waals surface area contributed by atoms with Gasteiger partial charge in [0.25, 0.3) is 5.91 Å². The lowest BCUT2D eigenvalue weighted by atomic mass is 9.91. The van der Waals surface area contributed by atoms with Crippen molar-refractivity contribution in [3.63, 3.8) is 0 Å². The molecule has 5 nitrogen and oxygen atoms in total. The molecule has 5 heteroatoms. The lowest BCUT2D eigenvalue weighted by molar-refractivity contribution is -0.110. The monoisotopic (exact) mass is 393 g/mol. The number of anilines is 1. The van der Waals surface area contributed by atoms with Crippen molar-refractivity contribution >= 4 is 29.2 Å². The van der Waals surface area contributed by atoms with Gasteiger partial charge in [-0.15, -0.1) is 0 Å². The standard InChI is InChI=1S/C24H27NO4/c1-3-4-5-8-17-16-9-6-7-10-21(16)29-22(17)14-19-18-13-15(24(27)28-2)11-12-20(18)25-23(19)26/h11-14H,3-10H2,1-2H3,(H,25,26). The van der Waals surface area contributed by atoms with Crippen LogP contribution in [0, 0.1) is 0 Å². The minimum atomic E-state index is -0.416. The number of esters is 1. The van der Waals surface area contributed by atoms with Crippen molar-refractivity contribution in [1.29, 1.82) is 0 Å². The summed E-state index contributed by atoms with van der Waals surface area (Å²) < 4.78 is 11.1. The number of furan rings is 1. The van der Waals surface area contributed by atoms with Crippen LogP contribution in [0.2, 0.25) is 0 Å². The van der Waals surface area contributed by atoms with E-state index in [0.29, 0.717) is 22.4 Å². The van der Waals surface area contributed by atoms with Crippen LogP contribution >= 0.6 is 0 Å². The molecule has 1 aromatic heterocycles. The summed E-state index contributed by atoms with van der Waals surface area (Å²) >= 11 is 0. The predicted octanol–water partition coefficient (Wildman–Crippen LogP) is 5.17. The van der Waals surface area contributed by atoms with Crippen LogP contribution in [0.15, 0.2) is 22.6 Å². The molecule has 0 fully saturated rings. The van der Waals surface area contributed by atoms with Crippen LogP contribution < -0.4 is 5.32 Å². The van der Waals surface area contributed by atoms with Gasteiger partial charge < -0.3 is 14.5 Å². The highest BCUT2D eigenvalue weighted by Gasteiger charge is 2.28. The summed E-state index contributed by atoms with van der Waals surface area (Å²) in [6.07, 6.45) is 10.7. The Morgan fingerprint density at radius 2 is 2.07 bits per heavy atom. The lowest BCUT2D eigenvalue weighted by Crippen LogP contribution is -2.04. The number of carbonyl (C=O) groups excluding carboxylic acids is 2. The van der Waals surface area contributed by atoms with Crippen LogP contribution in [0.25, 0.3) is 11.6 Å². The van der Waals surface area contributed by atoms with Gasteiger partial charge in [-0.2, -0.15) is 0 Å². The molecule has 1 N–H and O–H groups in total. The maximum atomic E-state index is 12.7. The minimum absolute atomic E-state index is 0.170. The van der Waals surface area contributed by atoms with Gasteiger partial charge in [-0.05, 0) is 61.9 Å². The number of hydrogen-bond acceptors (Lipinski definition) is 4. The van der Waals surface area contributed by atoms with Crippen molar-refractivity contribution in [3.05, 3.63) is 52.0 Å². The number of aryl methyl sites for hydroxylation is 1. The van der Waals surface area contributed by atoms with Crippen LogP contribution in [0.4, 0.5) is 5.69 Å². The zero-order valence-electron chi connectivity index (χ0n) is 17.1. The largest absolute Gasteiger partial charge is 0.465 e. The summed E-state index contributed by atoms with van der Waals surface area (Å²) in [6, 6.07) is 5.12. The van der Waals surface area contributed by atoms with Crippen molar-refractivity contribution in [2.75, 3.05) is 12.4 Å². The fourth-order valence-corrected chi connectivity index (χ4v) is 4.30. The van der Waals surface area contributed by atoms with Gasteiger partial charge in [0.15, 0.2) is 0 Å². The molecule has 2 aromatic rings. The van der Waals surface area contributed by atoms with Gasteiger partial charge in [0, 0.05) is 23.2 Å². The number of nitrogens with one attached hydrogen (secondary N) is 1. The molecule has 0 unspecified atom stereocenters. The molecule has 0 radical (unpaired) electrons. The van der Waals surface area contributed by atoms with Gasteiger partial charge in [-0.1, -0.05) is 19.8 Å². The molecule has 1 aliphatic carbocycles. The van der Waals surface area contributed by atoms with Crippen LogP contribution in [0.3, 0.4) is 0 Å². The van der Waals surface area contributed by atoms with Crippen LogP contribution in [-0.4, -0.2) is 19.0 Å². The average Bonchev–Trinajstić information content (AvgIpc) is 3.24. The molecular weight excluding hydrogens is 366 g/mol. The third-order valence-corrected chi connectivity index (χ3v) is 5.84. The molecule has 1 amide bonds. The molecule has 2 heterocycles. The highest BCUT2D eigenvalue weighted by molar-refractivity contribution is 6.35. The maximum absolute atomic E-state index is 12.7. The second-order valence-corrected chi connectivity index (χ2v) is 7.77.